The summed E-state index contributed by atoms with van der Waals surface area (Å²) in [4.78, 5) is 0. The molecule has 5 heteroatoms. The molecule has 0 saturated heterocycles. The van der Waals surface area contributed by atoms with E-state index in [-0.39, 0.29) is 5.41 Å². The minimum absolute atomic E-state index is 0.0653. The minimum atomic E-state index is -4.01. The number of nitrogens with zero attached hydrogens (tertiary/aromatic N) is 2. The van der Waals surface area contributed by atoms with E-state index in [1.807, 2.05) is 53.7 Å². The molecule has 1 aromatic carbocycles. The first-order valence-corrected chi connectivity index (χ1v) is 12.3. The predicted octanol–water partition coefficient (Wildman–Crippen LogP) is 7.18. The Morgan fingerprint density at radius 1 is 0.941 bits per heavy atom. The molecule has 0 aliphatic carbocycles. The van der Waals surface area contributed by atoms with Crippen LogP contribution in [0.25, 0.3) is 5.57 Å². The number of rotatable bonds is 2. The Kier molecular flexibility index (Phi) is 5.79. The Balaban J connectivity index is 2.01. The van der Waals surface area contributed by atoms with Crippen molar-refractivity contribution in [1.29, 1.82) is 0 Å². The molecule has 4 rings (SSSR count). The highest BCUT2D eigenvalue weighted by molar-refractivity contribution is 6.58. The van der Waals surface area contributed by atoms with Crippen molar-refractivity contribution < 1.29 is 13.1 Å². The Morgan fingerprint density at radius 2 is 1.56 bits per heavy atom. The van der Waals surface area contributed by atoms with Crippen LogP contribution < -0.4 is 0 Å². The lowest BCUT2D eigenvalue weighted by molar-refractivity contribution is -0.363. The molecule has 2 aromatic rings. The fourth-order valence-electron chi connectivity index (χ4n) is 5.78. The van der Waals surface area contributed by atoms with E-state index in [1.54, 1.807) is 0 Å². The van der Waals surface area contributed by atoms with Gasteiger partial charge in [-0.25, -0.2) is 0 Å². The molecule has 0 fully saturated rings. The molecule has 3 heterocycles. The summed E-state index contributed by atoms with van der Waals surface area (Å²) in [6.45, 7) is 14.2. The van der Waals surface area contributed by atoms with Gasteiger partial charge in [0.2, 0.25) is 0 Å². The molecule has 1 aromatic heterocycles. The molecule has 0 atom stereocenters. The predicted molar refractivity (Wildman–Crippen MR) is 140 cm³/mol. The van der Waals surface area contributed by atoms with Crippen LogP contribution in [0, 0.1) is 25.7 Å². The minimum Gasteiger partial charge on any atom is -0.393 e. The average molecular weight is 460 g/mol. The quantitative estimate of drug-likeness (QED) is 0.331. The van der Waals surface area contributed by atoms with Gasteiger partial charge in [0.1, 0.15) is 11.3 Å². The molecule has 2 nitrogen and oxygen atoms in total. The fraction of sp³-hybridized carbons (Fsp3) is 0.414. The average Bonchev–Trinajstić information content (AvgIpc) is 3.18. The molecule has 0 amide bonds. The van der Waals surface area contributed by atoms with E-state index in [9.17, 15) is 0 Å². The third kappa shape index (κ3) is 3.42. The summed E-state index contributed by atoms with van der Waals surface area (Å²) >= 11 is 0. The third-order valence-electron chi connectivity index (χ3n) is 7.58. The van der Waals surface area contributed by atoms with E-state index in [2.05, 4.69) is 44.7 Å². The van der Waals surface area contributed by atoms with E-state index < -0.39 is 6.97 Å². The van der Waals surface area contributed by atoms with Gasteiger partial charge in [0, 0.05) is 29.3 Å². The molecule has 34 heavy (non-hydrogen) atoms. The lowest BCUT2D eigenvalue weighted by atomic mass is 9.86. The highest BCUT2D eigenvalue weighted by Crippen LogP contribution is 2.44. The van der Waals surface area contributed by atoms with E-state index in [0.29, 0.717) is 41.2 Å². The number of fused-ring (bicyclic) bond motifs is 2. The second kappa shape index (κ2) is 8.12. The van der Waals surface area contributed by atoms with Crippen molar-refractivity contribution in [2.75, 3.05) is 0 Å². The van der Waals surface area contributed by atoms with Gasteiger partial charge in [-0.05, 0) is 73.5 Å². The maximum atomic E-state index is 16.2. The van der Waals surface area contributed by atoms with Gasteiger partial charge in [0.25, 0.3) is 0 Å². The maximum absolute atomic E-state index is 16.2. The topological polar surface area (TPSA) is 7.94 Å². The third-order valence-corrected chi connectivity index (χ3v) is 7.58. The molecule has 0 radical (unpaired) electrons. The zero-order valence-corrected chi connectivity index (χ0v) is 22.0. The van der Waals surface area contributed by atoms with Gasteiger partial charge in [-0.1, -0.05) is 58.6 Å². The zero-order chi connectivity index (χ0) is 25.2. The van der Waals surface area contributed by atoms with Crippen LogP contribution in [0.5, 0.6) is 0 Å². The fourth-order valence-corrected chi connectivity index (χ4v) is 5.78. The van der Waals surface area contributed by atoms with Gasteiger partial charge in [-0.3, -0.25) is 0 Å². The first kappa shape index (κ1) is 24.3. The van der Waals surface area contributed by atoms with E-state index in [4.69, 9.17) is 0 Å². The number of hydrogen-bond donors (Lipinski definition) is 0. The van der Waals surface area contributed by atoms with Crippen LogP contribution in [0.15, 0.2) is 41.1 Å². The van der Waals surface area contributed by atoms with Crippen molar-refractivity contribution in [2.24, 2.45) is 0 Å². The number of benzene rings is 1. The van der Waals surface area contributed by atoms with Crippen LogP contribution in [-0.4, -0.2) is 21.6 Å². The van der Waals surface area contributed by atoms with Crippen molar-refractivity contribution in [3.8, 4) is 11.8 Å². The van der Waals surface area contributed by atoms with Gasteiger partial charge >= 0.3 is 6.97 Å². The number of aromatic nitrogens is 1. The van der Waals surface area contributed by atoms with E-state index in [0.717, 1.165) is 27.8 Å². The van der Waals surface area contributed by atoms with Crippen LogP contribution >= 0.6 is 0 Å². The van der Waals surface area contributed by atoms with Crippen molar-refractivity contribution in [2.45, 2.75) is 80.6 Å². The molecular weight excluding hydrogens is 425 g/mol. The van der Waals surface area contributed by atoms with Gasteiger partial charge < -0.3 is 17.6 Å². The van der Waals surface area contributed by atoms with Crippen LogP contribution in [0.1, 0.15) is 88.5 Å². The summed E-state index contributed by atoms with van der Waals surface area (Å²) in [6, 6.07) is 8.26. The molecule has 2 aliphatic rings. The molecule has 0 N–H and O–H groups in total. The molecule has 0 saturated carbocycles. The standard InChI is InChI=1S/C29H35BF2N2/c1-10-24-18(3)27-26(17-14-22-12-15-23(16-13-22)29(7,8)9)28-19(4)25(11-2)21(6)34(28)30(31,32)33(27)20(24)5/h12-13,15-16H,10-11H2,1-9H3. The summed E-state index contributed by atoms with van der Waals surface area (Å²) in [5.74, 6) is 6.66. The summed E-state index contributed by atoms with van der Waals surface area (Å²) in [5.41, 5.74) is 9.14. The molecule has 0 unspecified atom stereocenters. The summed E-state index contributed by atoms with van der Waals surface area (Å²) < 4.78 is 34.9. The van der Waals surface area contributed by atoms with Crippen molar-refractivity contribution >= 4 is 18.3 Å². The van der Waals surface area contributed by atoms with Crippen molar-refractivity contribution in [1.82, 2.24) is 4.48 Å². The Hall–Kier alpha value is -2.87. The second-order valence-electron chi connectivity index (χ2n) is 10.6. The lowest BCUT2D eigenvalue weighted by Gasteiger charge is -2.32. The van der Waals surface area contributed by atoms with E-state index >= 15 is 8.63 Å². The van der Waals surface area contributed by atoms with E-state index in [1.165, 1.54) is 14.5 Å². The molecule has 2 aliphatic heterocycles. The van der Waals surface area contributed by atoms with Crippen LogP contribution in [0.3, 0.4) is 0 Å². The largest absolute Gasteiger partial charge is 0.737 e. The van der Waals surface area contributed by atoms with Crippen LogP contribution in [0.4, 0.5) is 8.63 Å². The molecule has 178 valence electrons. The summed E-state index contributed by atoms with van der Waals surface area (Å²) in [5, 5.41) is 0. The number of hydrogen-bond acceptors (Lipinski definition) is 0. The number of allylic oxidation sites excluding steroid dienone is 3. The smallest absolute Gasteiger partial charge is 0.393 e. The SMILES string of the molecule is CCC1=C(C)C2=C(C#Cc3ccc(C(C)(C)C)cc3)c3c(C)c(CC)c(C)n3[B-](F)(F)[N+]2=C1C. The maximum Gasteiger partial charge on any atom is 0.737 e. The van der Waals surface area contributed by atoms with Crippen LogP contribution in [0.2, 0.25) is 0 Å². The Labute approximate surface area is 203 Å². The first-order valence-electron chi connectivity index (χ1n) is 12.3. The molecular formula is C29H35BF2N2. The van der Waals surface area contributed by atoms with Gasteiger partial charge in [-0.15, -0.1) is 0 Å². The van der Waals surface area contributed by atoms with Gasteiger partial charge in [0.15, 0.2) is 5.70 Å². The Bertz CT molecular complexity index is 1350. The van der Waals surface area contributed by atoms with Crippen molar-refractivity contribution in [3.05, 3.63) is 74.8 Å². The summed E-state index contributed by atoms with van der Waals surface area (Å²) in [6.07, 6.45) is 1.43. The molecule has 0 bridgehead atoms. The second-order valence-corrected chi connectivity index (χ2v) is 10.6. The van der Waals surface area contributed by atoms with Crippen molar-refractivity contribution in [3.63, 3.8) is 0 Å². The van der Waals surface area contributed by atoms with Gasteiger partial charge in [-0.2, -0.15) is 0 Å². The summed E-state index contributed by atoms with van der Waals surface area (Å²) in [7, 11) is 0. The van der Waals surface area contributed by atoms with Crippen LogP contribution in [-0.2, 0) is 11.8 Å². The Morgan fingerprint density at radius 3 is 2.09 bits per heavy atom. The highest BCUT2D eigenvalue weighted by Gasteiger charge is 2.56. The highest BCUT2D eigenvalue weighted by atomic mass is 19.2. The molecule has 0 spiro atoms. The normalized spacial score (nSPS) is 17.1. The number of halogens is 2. The zero-order valence-electron chi connectivity index (χ0n) is 22.0. The lowest BCUT2D eigenvalue weighted by Crippen LogP contribution is -2.51. The van der Waals surface area contributed by atoms with Gasteiger partial charge in [0.05, 0.1) is 0 Å². The first-order chi connectivity index (χ1) is 15.9. The monoisotopic (exact) mass is 460 g/mol.